The molecule has 102 valence electrons. The smallest absolute Gasteiger partial charge is 0.253 e. The van der Waals surface area contributed by atoms with Crippen LogP contribution in [0.2, 0.25) is 0 Å². The lowest BCUT2D eigenvalue weighted by molar-refractivity contribution is 0.0771. The van der Waals surface area contributed by atoms with Crippen LogP contribution in [0.3, 0.4) is 0 Å². The van der Waals surface area contributed by atoms with Crippen LogP contribution >= 0.6 is 0 Å². The molecule has 0 aliphatic carbocycles. The molecular weight excluding hydrogens is 260 g/mol. The molecule has 1 amide bonds. The number of hydrogen-bond acceptors (Lipinski definition) is 3. The van der Waals surface area contributed by atoms with E-state index >= 15 is 0 Å². The van der Waals surface area contributed by atoms with Gasteiger partial charge in [-0.3, -0.25) is 9.00 Å². The van der Waals surface area contributed by atoms with Gasteiger partial charge in [-0.1, -0.05) is 0 Å². The zero-order chi connectivity index (χ0) is 13.2. The Labute approximate surface area is 115 Å². The maximum atomic E-state index is 12.4. The number of carbonyl (C=O) groups is 1. The summed E-state index contributed by atoms with van der Waals surface area (Å²) in [6, 6.07) is 5.91. The summed E-state index contributed by atoms with van der Waals surface area (Å²) in [5.41, 5.74) is 3.15. The Bertz CT molecular complexity index is 520. The first-order valence-electron chi connectivity index (χ1n) is 6.75. The number of benzene rings is 1. The molecule has 0 radical (unpaired) electrons. The number of nitrogens with one attached hydrogen (secondary N) is 1. The summed E-state index contributed by atoms with van der Waals surface area (Å²) >= 11 is 0. The van der Waals surface area contributed by atoms with Gasteiger partial charge in [0.2, 0.25) is 0 Å². The minimum Gasteiger partial charge on any atom is -0.385 e. The monoisotopic (exact) mass is 278 g/mol. The highest BCUT2D eigenvalue weighted by atomic mass is 32.2. The van der Waals surface area contributed by atoms with Crippen molar-refractivity contribution in [3.8, 4) is 0 Å². The minimum atomic E-state index is -0.740. The van der Waals surface area contributed by atoms with Gasteiger partial charge in [0, 0.05) is 53.2 Å². The molecular formula is C14H18N2O2S. The first-order chi connectivity index (χ1) is 9.24. The second-order valence-corrected chi connectivity index (χ2v) is 6.74. The average Bonchev–Trinajstić information content (AvgIpc) is 2.47. The third kappa shape index (κ3) is 2.66. The van der Waals surface area contributed by atoms with Crippen molar-refractivity contribution < 1.29 is 9.00 Å². The molecule has 0 atom stereocenters. The maximum absolute atomic E-state index is 12.4. The van der Waals surface area contributed by atoms with Crippen molar-refractivity contribution in [3.63, 3.8) is 0 Å². The van der Waals surface area contributed by atoms with Crippen LogP contribution < -0.4 is 5.32 Å². The standard InChI is InChI=1S/C14H18N2O2S/c17-14(16-6-8-19(18)9-7-16)12-3-4-13-11(10-12)2-1-5-15-13/h3-4,10,15H,1-2,5-9H2. The lowest BCUT2D eigenvalue weighted by Crippen LogP contribution is -2.41. The molecule has 1 aromatic rings. The molecule has 4 nitrogen and oxygen atoms in total. The van der Waals surface area contributed by atoms with Gasteiger partial charge >= 0.3 is 0 Å². The van der Waals surface area contributed by atoms with Crippen molar-refractivity contribution in [1.82, 2.24) is 4.90 Å². The number of nitrogens with zero attached hydrogens (tertiary/aromatic N) is 1. The number of carbonyl (C=O) groups excluding carboxylic acids is 1. The number of hydrogen-bond donors (Lipinski definition) is 1. The fourth-order valence-electron chi connectivity index (χ4n) is 2.63. The molecule has 0 aromatic heterocycles. The van der Waals surface area contributed by atoms with Crippen LogP contribution in [-0.4, -0.2) is 46.2 Å². The summed E-state index contributed by atoms with van der Waals surface area (Å²) in [5.74, 6) is 1.29. The average molecular weight is 278 g/mol. The molecule has 2 aliphatic heterocycles. The van der Waals surface area contributed by atoms with E-state index in [0.29, 0.717) is 24.6 Å². The van der Waals surface area contributed by atoms with Crippen molar-refractivity contribution in [2.75, 3.05) is 36.5 Å². The van der Waals surface area contributed by atoms with Gasteiger partial charge in [-0.2, -0.15) is 0 Å². The summed E-state index contributed by atoms with van der Waals surface area (Å²) in [6.45, 7) is 2.24. The van der Waals surface area contributed by atoms with Crippen LogP contribution in [0.4, 0.5) is 5.69 Å². The molecule has 0 spiro atoms. The van der Waals surface area contributed by atoms with E-state index < -0.39 is 10.8 Å². The second-order valence-electron chi connectivity index (χ2n) is 5.04. The largest absolute Gasteiger partial charge is 0.385 e. The Morgan fingerprint density at radius 1 is 1.26 bits per heavy atom. The minimum absolute atomic E-state index is 0.0741. The predicted octanol–water partition coefficient (Wildman–Crippen LogP) is 1.25. The lowest BCUT2D eigenvalue weighted by Gasteiger charge is -2.27. The predicted molar refractivity (Wildman–Crippen MR) is 77.0 cm³/mol. The van der Waals surface area contributed by atoms with Crippen LogP contribution in [0, 0.1) is 0 Å². The second kappa shape index (κ2) is 5.33. The molecule has 2 heterocycles. The highest BCUT2D eigenvalue weighted by Crippen LogP contribution is 2.23. The molecule has 0 unspecified atom stereocenters. The van der Waals surface area contributed by atoms with Gasteiger partial charge in [-0.25, -0.2) is 0 Å². The Morgan fingerprint density at radius 2 is 2.05 bits per heavy atom. The van der Waals surface area contributed by atoms with Crippen molar-refractivity contribution in [2.24, 2.45) is 0 Å². The van der Waals surface area contributed by atoms with Gasteiger partial charge in [0.05, 0.1) is 0 Å². The number of aryl methyl sites for hydroxylation is 1. The zero-order valence-electron chi connectivity index (χ0n) is 10.9. The third-order valence-electron chi connectivity index (χ3n) is 3.76. The first kappa shape index (κ1) is 12.7. The normalized spacial score (nSPS) is 19.7. The van der Waals surface area contributed by atoms with Gasteiger partial charge in [-0.15, -0.1) is 0 Å². The van der Waals surface area contributed by atoms with E-state index in [4.69, 9.17) is 0 Å². The van der Waals surface area contributed by atoms with Gasteiger partial charge < -0.3 is 10.2 Å². The zero-order valence-corrected chi connectivity index (χ0v) is 11.7. The Balaban J connectivity index is 1.78. The summed E-state index contributed by atoms with van der Waals surface area (Å²) in [7, 11) is -0.740. The topological polar surface area (TPSA) is 49.4 Å². The Kier molecular flexibility index (Phi) is 3.55. The van der Waals surface area contributed by atoms with Gasteiger partial charge in [0.1, 0.15) is 0 Å². The highest BCUT2D eigenvalue weighted by Gasteiger charge is 2.22. The van der Waals surface area contributed by atoms with E-state index in [1.807, 2.05) is 23.1 Å². The molecule has 1 fully saturated rings. The van der Waals surface area contributed by atoms with Crippen molar-refractivity contribution in [3.05, 3.63) is 29.3 Å². The fourth-order valence-corrected chi connectivity index (χ4v) is 3.68. The molecule has 2 aliphatic rings. The van der Waals surface area contributed by atoms with Crippen LogP contribution in [0.5, 0.6) is 0 Å². The Hall–Kier alpha value is -1.36. The summed E-state index contributed by atoms with van der Waals surface area (Å²) in [6.07, 6.45) is 2.15. The first-order valence-corrected chi connectivity index (χ1v) is 8.24. The van der Waals surface area contributed by atoms with E-state index in [9.17, 15) is 9.00 Å². The van der Waals surface area contributed by atoms with E-state index in [1.165, 1.54) is 5.56 Å². The summed E-state index contributed by atoms with van der Waals surface area (Å²) in [5, 5.41) is 3.35. The van der Waals surface area contributed by atoms with E-state index in [-0.39, 0.29) is 5.91 Å². The van der Waals surface area contributed by atoms with Crippen LogP contribution in [0.25, 0.3) is 0 Å². The summed E-state index contributed by atoms with van der Waals surface area (Å²) in [4.78, 5) is 14.2. The van der Waals surface area contributed by atoms with Gasteiger partial charge in [-0.05, 0) is 36.6 Å². The van der Waals surface area contributed by atoms with E-state index in [2.05, 4.69) is 5.32 Å². The SMILES string of the molecule is O=C(c1ccc2c(c1)CCCN2)N1CCS(=O)CC1. The summed E-state index contributed by atoms with van der Waals surface area (Å²) < 4.78 is 11.3. The quantitative estimate of drug-likeness (QED) is 0.841. The number of amides is 1. The maximum Gasteiger partial charge on any atom is 0.253 e. The molecule has 3 rings (SSSR count). The molecule has 1 saturated heterocycles. The third-order valence-corrected chi connectivity index (χ3v) is 5.03. The molecule has 1 N–H and O–H groups in total. The fraction of sp³-hybridized carbons (Fsp3) is 0.500. The van der Waals surface area contributed by atoms with Crippen molar-refractivity contribution in [2.45, 2.75) is 12.8 Å². The highest BCUT2D eigenvalue weighted by molar-refractivity contribution is 7.85. The number of anilines is 1. The Morgan fingerprint density at radius 3 is 2.84 bits per heavy atom. The number of rotatable bonds is 1. The van der Waals surface area contributed by atoms with Crippen molar-refractivity contribution >= 4 is 22.4 Å². The van der Waals surface area contributed by atoms with E-state index in [1.54, 1.807) is 0 Å². The van der Waals surface area contributed by atoms with Crippen molar-refractivity contribution in [1.29, 1.82) is 0 Å². The van der Waals surface area contributed by atoms with Crippen LogP contribution in [-0.2, 0) is 17.2 Å². The number of fused-ring (bicyclic) bond motifs is 1. The molecule has 19 heavy (non-hydrogen) atoms. The molecule has 0 saturated carbocycles. The van der Waals surface area contributed by atoms with Crippen LogP contribution in [0.1, 0.15) is 22.3 Å². The molecule has 5 heteroatoms. The van der Waals surface area contributed by atoms with Gasteiger partial charge in [0.15, 0.2) is 0 Å². The van der Waals surface area contributed by atoms with E-state index in [0.717, 1.165) is 30.6 Å². The lowest BCUT2D eigenvalue weighted by atomic mass is 10.0. The molecule has 1 aromatic carbocycles. The van der Waals surface area contributed by atoms with Crippen LogP contribution in [0.15, 0.2) is 18.2 Å². The molecule has 0 bridgehead atoms. The van der Waals surface area contributed by atoms with Gasteiger partial charge in [0.25, 0.3) is 5.91 Å².